The number of halogens is 1. The molecule has 0 radical (unpaired) electrons. The lowest BCUT2D eigenvalue weighted by Gasteiger charge is -2.18. The molecule has 2 nitrogen and oxygen atoms in total. The Balaban J connectivity index is 2.09. The van der Waals surface area contributed by atoms with E-state index in [0.717, 1.165) is 41.9 Å². The minimum Gasteiger partial charge on any atom is -0.493 e. The molecule has 2 aromatic rings. The third-order valence-corrected chi connectivity index (χ3v) is 3.36. The second kappa shape index (κ2) is 4.84. The highest BCUT2D eigenvalue weighted by atomic mass is 19.1. The summed E-state index contributed by atoms with van der Waals surface area (Å²) in [7, 11) is 0. The van der Waals surface area contributed by atoms with E-state index in [9.17, 15) is 9.18 Å². The number of fused-ring (bicyclic) bond motifs is 1. The van der Waals surface area contributed by atoms with Crippen molar-refractivity contribution in [3.8, 4) is 16.9 Å². The average molecular weight is 256 g/mol. The van der Waals surface area contributed by atoms with Gasteiger partial charge in [-0.15, -0.1) is 0 Å². The molecule has 96 valence electrons. The summed E-state index contributed by atoms with van der Waals surface area (Å²) in [6.07, 6.45) is 2.66. The van der Waals surface area contributed by atoms with Gasteiger partial charge in [0.25, 0.3) is 0 Å². The van der Waals surface area contributed by atoms with Crippen LogP contribution in [-0.2, 0) is 6.42 Å². The lowest BCUT2D eigenvalue weighted by molar-refractivity contribution is 0.112. The fraction of sp³-hybridized carbons (Fsp3) is 0.188. The fourth-order valence-electron chi connectivity index (χ4n) is 2.42. The zero-order chi connectivity index (χ0) is 13.2. The first-order valence-electron chi connectivity index (χ1n) is 6.29. The minimum absolute atomic E-state index is 0.372. The van der Waals surface area contributed by atoms with Gasteiger partial charge in [-0.25, -0.2) is 4.39 Å². The summed E-state index contributed by atoms with van der Waals surface area (Å²) in [5.41, 5.74) is 3.19. The van der Waals surface area contributed by atoms with Crippen molar-refractivity contribution in [3.63, 3.8) is 0 Å². The highest BCUT2D eigenvalue weighted by Gasteiger charge is 2.13. The van der Waals surface area contributed by atoms with E-state index in [1.807, 2.05) is 18.2 Å². The number of rotatable bonds is 2. The Bertz CT molecular complexity index is 635. The van der Waals surface area contributed by atoms with Crippen LogP contribution in [0.5, 0.6) is 5.75 Å². The summed E-state index contributed by atoms with van der Waals surface area (Å²) in [6.45, 7) is 0.752. The van der Waals surface area contributed by atoms with Crippen LogP contribution in [0.15, 0.2) is 36.4 Å². The molecule has 0 saturated heterocycles. The molecule has 0 saturated carbocycles. The van der Waals surface area contributed by atoms with E-state index in [1.165, 1.54) is 12.1 Å². The molecule has 0 unspecified atom stereocenters. The molecule has 0 aromatic heterocycles. The number of carbonyl (C=O) groups excluding carboxylic acids is 1. The minimum atomic E-state index is -0.396. The Morgan fingerprint density at radius 2 is 2.05 bits per heavy atom. The van der Waals surface area contributed by atoms with Gasteiger partial charge in [0, 0.05) is 5.56 Å². The van der Waals surface area contributed by atoms with Crippen molar-refractivity contribution in [3.05, 3.63) is 53.3 Å². The third-order valence-electron chi connectivity index (χ3n) is 3.36. The standard InChI is InChI=1S/C16H13FO2/c17-14-4-5-15(13(9-14)10-18)11-3-6-16-12(8-11)2-1-7-19-16/h3-6,8-10H,1-2,7H2. The summed E-state index contributed by atoms with van der Waals surface area (Å²) in [4.78, 5) is 11.1. The molecule has 0 amide bonds. The van der Waals surface area contributed by atoms with E-state index in [-0.39, 0.29) is 0 Å². The van der Waals surface area contributed by atoms with Crippen LogP contribution in [0, 0.1) is 5.82 Å². The zero-order valence-corrected chi connectivity index (χ0v) is 10.4. The van der Waals surface area contributed by atoms with E-state index in [4.69, 9.17) is 4.74 Å². The Hall–Kier alpha value is -2.16. The summed E-state index contributed by atoms with van der Waals surface area (Å²) in [5.74, 6) is 0.511. The van der Waals surface area contributed by atoms with Gasteiger partial charge < -0.3 is 4.74 Å². The second-order valence-corrected chi connectivity index (χ2v) is 4.62. The molecule has 0 atom stereocenters. The molecule has 0 fully saturated rings. The van der Waals surface area contributed by atoms with Crippen molar-refractivity contribution in [2.75, 3.05) is 6.61 Å². The van der Waals surface area contributed by atoms with Crippen LogP contribution in [-0.4, -0.2) is 12.9 Å². The molecule has 3 rings (SSSR count). The summed E-state index contributed by atoms with van der Waals surface area (Å²) in [5, 5.41) is 0. The van der Waals surface area contributed by atoms with Crippen LogP contribution in [0.3, 0.4) is 0 Å². The molecule has 3 heteroatoms. The van der Waals surface area contributed by atoms with Crippen LogP contribution < -0.4 is 4.74 Å². The second-order valence-electron chi connectivity index (χ2n) is 4.62. The number of aryl methyl sites for hydroxylation is 1. The van der Waals surface area contributed by atoms with Crippen LogP contribution in [0.2, 0.25) is 0 Å². The Kier molecular flexibility index (Phi) is 3.03. The molecule has 1 aliphatic rings. The number of carbonyl (C=O) groups is 1. The van der Waals surface area contributed by atoms with Gasteiger partial charge in [-0.3, -0.25) is 4.79 Å². The maximum absolute atomic E-state index is 13.1. The van der Waals surface area contributed by atoms with Crippen molar-refractivity contribution < 1.29 is 13.9 Å². The topological polar surface area (TPSA) is 26.3 Å². The molecule has 1 aliphatic heterocycles. The molecule has 2 aromatic carbocycles. The monoisotopic (exact) mass is 256 g/mol. The Morgan fingerprint density at radius 3 is 2.89 bits per heavy atom. The van der Waals surface area contributed by atoms with Gasteiger partial charge in [0.05, 0.1) is 6.61 Å². The number of hydrogen-bond acceptors (Lipinski definition) is 2. The maximum Gasteiger partial charge on any atom is 0.150 e. The van der Waals surface area contributed by atoms with Crippen molar-refractivity contribution in [1.82, 2.24) is 0 Å². The molecular formula is C16H13FO2. The number of ether oxygens (including phenoxy) is 1. The van der Waals surface area contributed by atoms with Crippen LogP contribution in [0.4, 0.5) is 4.39 Å². The summed E-state index contributed by atoms with van der Waals surface area (Å²) >= 11 is 0. The largest absolute Gasteiger partial charge is 0.493 e. The zero-order valence-electron chi connectivity index (χ0n) is 10.4. The number of hydrogen-bond donors (Lipinski definition) is 0. The lowest BCUT2D eigenvalue weighted by Crippen LogP contribution is -2.08. The van der Waals surface area contributed by atoms with Crippen molar-refractivity contribution in [2.24, 2.45) is 0 Å². The quantitative estimate of drug-likeness (QED) is 0.767. The summed E-state index contributed by atoms with van der Waals surface area (Å²) < 4.78 is 18.7. The predicted octanol–water partition coefficient (Wildman–Crippen LogP) is 3.63. The van der Waals surface area contributed by atoms with E-state index in [2.05, 4.69) is 0 Å². The van der Waals surface area contributed by atoms with E-state index in [1.54, 1.807) is 6.07 Å². The predicted molar refractivity (Wildman–Crippen MR) is 71.0 cm³/mol. The first kappa shape index (κ1) is 11.9. The van der Waals surface area contributed by atoms with Crippen molar-refractivity contribution >= 4 is 6.29 Å². The van der Waals surface area contributed by atoms with Gasteiger partial charge in [-0.1, -0.05) is 12.1 Å². The van der Waals surface area contributed by atoms with E-state index < -0.39 is 5.82 Å². The molecule has 19 heavy (non-hydrogen) atoms. The van der Waals surface area contributed by atoms with Crippen LogP contribution in [0.1, 0.15) is 22.3 Å². The van der Waals surface area contributed by atoms with Gasteiger partial charge in [-0.2, -0.15) is 0 Å². The molecule has 0 spiro atoms. The van der Waals surface area contributed by atoms with Gasteiger partial charge in [0.1, 0.15) is 11.6 Å². The van der Waals surface area contributed by atoms with Crippen molar-refractivity contribution in [1.29, 1.82) is 0 Å². The van der Waals surface area contributed by atoms with Crippen molar-refractivity contribution in [2.45, 2.75) is 12.8 Å². The molecular weight excluding hydrogens is 243 g/mol. The van der Waals surface area contributed by atoms with Gasteiger partial charge >= 0.3 is 0 Å². The molecule has 0 aliphatic carbocycles. The molecule has 1 heterocycles. The SMILES string of the molecule is O=Cc1cc(F)ccc1-c1ccc2c(c1)CCCO2. The average Bonchev–Trinajstić information content (AvgIpc) is 2.46. The Morgan fingerprint density at radius 1 is 1.16 bits per heavy atom. The number of aldehydes is 1. The van der Waals surface area contributed by atoms with Crippen LogP contribution in [0.25, 0.3) is 11.1 Å². The summed E-state index contributed by atoms with van der Waals surface area (Å²) in [6, 6.07) is 10.1. The van der Waals surface area contributed by atoms with Gasteiger partial charge in [-0.05, 0) is 53.8 Å². The third kappa shape index (κ3) is 2.24. The maximum atomic E-state index is 13.1. The smallest absolute Gasteiger partial charge is 0.150 e. The highest BCUT2D eigenvalue weighted by molar-refractivity contribution is 5.87. The highest BCUT2D eigenvalue weighted by Crippen LogP contribution is 2.31. The first-order chi connectivity index (χ1) is 9.28. The number of benzene rings is 2. The lowest BCUT2D eigenvalue weighted by atomic mass is 9.96. The molecule has 0 bridgehead atoms. The first-order valence-corrected chi connectivity index (χ1v) is 6.29. The van der Waals surface area contributed by atoms with E-state index >= 15 is 0 Å². The van der Waals surface area contributed by atoms with Gasteiger partial charge in [0.15, 0.2) is 6.29 Å². The van der Waals surface area contributed by atoms with E-state index in [0.29, 0.717) is 11.8 Å². The fourth-order valence-corrected chi connectivity index (χ4v) is 2.42. The van der Waals surface area contributed by atoms with Gasteiger partial charge in [0.2, 0.25) is 0 Å². The molecule has 0 N–H and O–H groups in total. The normalized spacial score (nSPS) is 13.5. The Labute approximate surface area is 110 Å². The van der Waals surface area contributed by atoms with Crippen LogP contribution >= 0.6 is 0 Å².